The highest BCUT2D eigenvalue weighted by Crippen LogP contribution is 2.25. The lowest BCUT2D eigenvalue weighted by atomic mass is 9.84. The number of hydrogen-bond acceptors (Lipinski definition) is 3. The summed E-state index contributed by atoms with van der Waals surface area (Å²) in [5, 5.41) is 2.77. The lowest BCUT2D eigenvalue weighted by molar-refractivity contribution is -0.133. The molecule has 2 aliphatic rings. The molecule has 0 spiro atoms. The van der Waals surface area contributed by atoms with Crippen molar-refractivity contribution in [3.8, 4) is 0 Å². The van der Waals surface area contributed by atoms with Gasteiger partial charge in [0.25, 0.3) is 0 Å². The number of piperidine rings is 1. The molecule has 0 bridgehead atoms. The Kier molecular flexibility index (Phi) is 5.83. The van der Waals surface area contributed by atoms with Gasteiger partial charge in [0.1, 0.15) is 0 Å². The molecule has 5 heteroatoms. The van der Waals surface area contributed by atoms with Gasteiger partial charge in [-0.05, 0) is 44.4 Å². The van der Waals surface area contributed by atoms with Crippen LogP contribution >= 0.6 is 0 Å². The number of amides is 2. The molecule has 3 N–H and O–H groups in total. The molecule has 0 aromatic heterocycles. The number of nitrogens with two attached hydrogens (primary N) is 1. The van der Waals surface area contributed by atoms with Crippen LogP contribution in [0.25, 0.3) is 0 Å². The molecule has 2 unspecified atom stereocenters. The van der Waals surface area contributed by atoms with Gasteiger partial charge in [-0.3, -0.25) is 9.59 Å². The summed E-state index contributed by atoms with van der Waals surface area (Å²) in [5.74, 6) is 0.441. The van der Waals surface area contributed by atoms with Crippen LogP contribution in [-0.4, -0.2) is 42.4 Å². The molecule has 1 aliphatic heterocycles. The van der Waals surface area contributed by atoms with E-state index in [-0.39, 0.29) is 24.4 Å². The second kappa shape index (κ2) is 7.62. The zero-order chi connectivity index (χ0) is 14.4. The number of likely N-dealkylation sites (tertiary alicyclic amines) is 1. The van der Waals surface area contributed by atoms with Crippen molar-refractivity contribution in [3.63, 3.8) is 0 Å². The number of hydrogen-bond donors (Lipinski definition) is 2. The monoisotopic (exact) mass is 281 g/mol. The Bertz CT molecular complexity index is 340. The third kappa shape index (κ3) is 4.78. The Morgan fingerprint density at radius 3 is 2.55 bits per heavy atom. The minimum Gasteiger partial charge on any atom is -0.347 e. The van der Waals surface area contributed by atoms with Crippen molar-refractivity contribution in [3.05, 3.63) is 0 Å². The van der Waals surface area contributed by atoms with Gasteiger partial charge in [-0.1, -0.05) is 6.42 Å². The normalized spacial score (nSPS) is 27.1. The molecule has 0 aromatic rings. The number of nitrogens with one attached hydrogen (secondary N) is 1. The summed E-state index contributed by atoms with van der Waals surface area (Å²) in [5.41, 5.74) is 5.93. The zero-order valence-electron chi connectivity index (χ0n) is 12.3. The molecule has 5 nitrogen and oxygen atoms in total. The minimum absolute atomic E-state index is 0.00513. The maximum absolute atomic E-state index is 11.9. The summed E-state index contributed by atoms with van der Waals surface area (Å²) in [6, 6.07) is 0.247. The van der Waals surface area contributed by atoms with Crippen LogP contribution in [0, 0.1) is 5.92 Å². The Morgan fingerprint density at radius 1 is 1.10 bits per heavy atom. The molecule has 0 radical (unpaired) electrons. The standard InChI is InChI=1S/C15H27N3O2/c16-13-6-4-5-12(9-13)10-14(19)17-11-15(20)18-7-2-1-3-8-18/h12-13H,1-11,16H2,(H,17,19). The van der Waals surface area contributed by atoms with Gasteiger partial charge in [0, 0.05) is 25.6 Å². The van der Waals surface area contributed by atoms with Gasteiger partial charge >= 0.3 is 0 Å². The van der Waals surface area contributed by atoms with Crippen molar-refractivity contribution in [1.29, 1.82) is 0 Å². The van der Waals surface area contributed by atoms with E-state index in [4.69, 9.17) is 5.73 Å². The highest BCUT2D eigenvalue weighted by molar-refractivity contribution is 5.84. The maximum atomic E-state index is 11.9. The quantitative estimate of drug-likeness (QED) is 0.808. The Balaban J connectivity index is 1.65. The van der Waals surface area contributed by atoms with Crippen molar-refractivity contribution >= 4 is 11.8 Å². The molecule has 2 rings (SSSR count). The van der Waals surface area contributed by atoms with Crippen LogP contribution in [0.4, 0.5) is 0 Å². The van der Waals surface area contributed by atoms with Crippen molar-refractivity contribution in [2.75, 3.05) is 19.6 Å². The van der Waals surface area contributed by atoms with Gasteiger partial charge in [0.05, 0.1) is 6.54 Å². The van der Waals surface area contributed by atoms with Crippen LogP contribution in [0.3, 0.4) is 0 Å². The van der Waals surface area contributed by atoms with E-state index >= 15 is 0 Å². The molecule has 2 atom stereocenters. The molecule has 1 heterocycles. The van der Waals surface area contributed by atoms with E-state index in [1.807, 2.05) is 4.90 Å². The largest absolute Gasteiger partial charge is 0.347 e. The SMILES string of the molecule is NC1CCCC(CC(=O)NCC(=O)N2CCCCC2)C1. The highest BCUT2D eigenvalue weighted by atomic mass is 16.2. The van der Waals surface area contributed by atoms with Crippen molar-refractivity contribution in [2.45, 2.75) is 57.4 Å². The summed E-state index contributed by atoms with van der Waals surface area (Å²) in [4.78, 5) is 25.7. The summed E-state index contributed by atoms with van der Waals surface area (Å²) in [6.07, 6.45) is 8.10. The van der Waals surface area contributed by atoms with Gasteiger partial charge in [-0.25, -0.2) is 0 Å². The number of carbonyl (C=O) groups excluding carboxylic acids is 2. The molecule has 1 aliphatic carbocycles. The molecule has 0 aromatic carbocycles. The average Bonchev–Trinajstić information content (AvgIpc) is 2.46. The highest BCUT2D eigenvalue weighted by Gasteiger charge is 2.22. The van der Waals surface area contributed by atoms with Gasteiger partial charge in [-0.15, -0.1) is 0 Å². The second-order valence-corrected chi connectivity index (χ2v) is 6.22. The third-order valence-electron chi connectivity index (χ3n) is 4.44. The Morgan fingerprint density at radius 2 is 1.85 bits per heavy atom. The first-order chi connectivity index (χ1) is 9.65. The fraction of sp³-hybridized carbons (Fsp3) is 0.867. The van der Waals surface area contributed by atoms with E-state index in [1.54, 1.807) is 0 Å². The van der Waals surface area contributed by atoms with Crippen molar-refractivity contribution < 1.29 is 9.59 Å². The molecule has 20 heavy (non-hydrogen) atoms. The minimum atomic E-state index is -0.00513. The number of carbonyl (C=O) groups is 2. The molecule has 2 fully saturated rings. The van der Waals surface area contributed by atoms with E-state index in [9.17, 15) is 9.59 Å². The smallest absolute Gasteiger partial charge is 0.241 e. The predicted molar refractivity (Wildman–Crippen MR) is 78.0 cm³/mol. The summed E-state index contributed by atoms with van der Waals surface area (Å²) >= 11 is 0. The first-order valence-corrected chi connectivity index (χ1v) is 7.95. The molecular weight excluding hydrogens is 254 g/mol. The van der Waals surface area contributed by atoms with Crippen LogP contribution < -0.4 is 11.1 Å². The van der Waals surface area contributed by atoms with Gasteiger partial charge in [-0.2, -0.15) is 0 Å². The first kappa shape index (κ1) is 15.3. The molecule has 114 valence electrons. The molecular formula is C15H27N3O2. The van der Waals surface area contributed by atoms with E-state index in [2.05, 4.69) is 5.32 Å². The van der Waals surface area contributed by atoms with Crippen LogP contribution in [0.1, 0.15) is 51.4 Å². The number of rotatable bonds is 4. The zero-order valence-corrected chi connectivity index (χ0v) is 12.3. The molecule has 2 amide bonds. The van der Waals surface area contributed by atoms with Crippen LogP contribution in [0.5, 0.6) is 0 Å². The Labute approximate surface area is 121 Å². The average molecular weight is 281 g/mol. The summed E-state index contributed by atoms with van der Waals surface area (Å²) in [6.45, 7) is 1.83. The topological polar surface area (TPSA) is 75.4 Å². The van der Waals surface area contributed by atoms with Crippen molar-refractivity contribution in [1.82, 2.24) is 10.2 Å². The lowest BCUT2D eigenvalue weighted by Gasteiger charge is -2.27. The van der Waals surface area contributed by atoms with Gasteiger partial charge < -0.3 is 16.0 Å². The van der Waals surface area contributed by atoms with E-state index in [1.165, 1.54) is 6.42 Å². The fourth-order valence-electron chi connectivity index (χ4n) is 3.28. The van der Waals surface area contributed by atoms with Crippen LogP contribution in [-0.2, 0) is 9.59 Å². The van der Waals surface area contributed by atoms with E-state index in [0.717, 1.165) is 51.6 Å². The van der Waals surface area contributed by atoms with Crippen molar-refractivity contribution in [2.24, 2.45) is 11.7 Å². The van der Waals surface area contributed by atoms with E-state index in [0.29, 0.717) is 12.3 Å². The fourth-order valence-corrected chi connectivity index (χ4v) is 3.28. The predicted octanol–water partition coefficient (Wildman–Crippen LogP) is 1.02. The van der Waals surface area contributed by atoms with Gasteiger partial charge in [0.2, 0.25) is 11.8 Å². The second-order valence-electron chi connectivity index (χ2n) is 6.22. The molecule has 1 saturated carbocycles. The maximum Gasteiger partial charge on any atom is 0.241 e. The first-order valence-electron chi connectivity index (χ1n) is 7.95. The lowest BCUT2D eigenvalue weighted by Crippen LogP contribution is -2.43. The Hall–Kier alpha value is -1.10. The third-order valence-corrected chi connectivity index (χ3v) is 4.44. The summed E-state index contributed by atoms with van der Waals surface area (Å²) < 4.78 is 0. The summed E-state index contributed by atoms with van der Waals surface area (Å²) in [7, 11) is 0. The van der Waals surface area contributed by atoms with Gasteiger partial charge in [0.15, 0.2) is 0 Å². The van der Waals surface area contributed by atoms with Crippen LogP contribution in [0.2, 0.25) is 0 Å². The number of nitrogens with zero attached hydrogens (tertiary/aromatic N) is 1. The van der Waals surface area contributed by atoms with Crippen LogP contribution in [0.15, 0.2) is 0 Å². The molecule has 1 saturated heterocycles. The van der Waals surface area contributed by atoms with E-state index < -0.39 is 0 Å².